The third kappa shape index (κ3) is 2.86. The molecule has 7 nitrogen and oxygen atoms in total. The summed E-state index contributed by atoms with van der Waals surface area (Å²) in [7, 11) is 3.14. The van der Waals surface area contributed by atoms with Crippen molar-refractivity contribution in [1.29, 1.82) is 5.41 Å². The molecule has 1 aromatic heterocycles. The van der Waals surface area contributed by atoms with E-state index in [1.807, 2.05) is 18.2 Å². The first kappa shape index (κ1) is 17.2. The van der Waals surface area contributed by atoms with Gasteiger partial charge in [-0.2, -0.15) is 0 Å². The highest BCUT2D eigenvalue weighted by atomic mass is 35.5. The minimum atomic E-state index is 0.0676. The molecular formula is C19H17ClN4O3. The largest absolute Gasteiger partial charge is 0.509 e. The van der Waals surface area contributed by atoms with Gasteiger partial charge in [0.2, 0.25) is 0 Å². The standard InChI is InChI=1S/C19H17ClN4O3/c1-26-11-4-5-13-14(8-11)23-19(22-13)17-15(25)9-24(18(17)21)10-3-6-16(27-2)12(20)7-10/h3-8,21,25H,9H2,1-2H3,(H,22,23). The number of H-pyrrole nitrogens is 1. The van der Waals surface area contributed by atoms with Crippen LogP contribution in [0.25, 0.3) is 16.6 Å². The van der Waals surface area contributed by atoms with Crippen molar-refractivity contribution in [2.24, 2.45) is 0 Å². The third-order valence-corrected chi connectivity index (χ3v) is 4.77. The Balaban J connectivity index is 1.69. The van der Waals surface area contributed by atoms with Crippen LogP contribution in [0.2, 0.25) is 5.02 Å². The molecule has 0 saturated heterocycles. The number of halogens is 1. The second-order valence-electron chi connectivity index (χ2n) is 6.04. The number of amidine groups is 1. The molecule has 0 spiro atoms. The lowest BCUT2D eigenvalue weighted by Crippen LogP contribution is -2.26. The fraction of sp³-hybridized carbons (Fsp3) is 0.158. The molecule has 0 unspecified atom stereocenters. The average molecular weight is 385 g/mol. The number of nitrogens with one attached hydrogen (secondary N) is 2. The predicted octanol–water partition coefficient (Wildman–Crippen LogP) is 4.00. The maximum Gasteiger partial charge on any atom is 0.145 e. The number of imidazole rings is 1. The smallest absolute Gasteiger partial charge is 0.145 e. The number of aliphatic hydroxyl groups is 1. The average Bonchev–Trinajstić information content (AvgIpc) is 3.20. The van der Waals surface area contributed by atoms with Gasteiger partial charge >= 0.3 is 0 Å². The number of fused-ring (bicyclic) bond motifs is 1. The van der Waals surface area contributed by atoms with Gasteiger partial charge in [0.15, 0.2) is 0 Å². The van der Waals surface area contributed by atoms with E-state index in [9.17, 15) is 5.11 Å². The summed E-state index contributed by atoms with van der Waals surface area (Å²) >= 11 is 6.20. The highest BCUT2D eigenvalue weighted by Gasteiger charge is 2.31. The molecule has 3 aromatic rings. The molecule has 0 atom stereocenters. The Labute approximate surface area is 160 Å². The van der Waals surface area contributed by atoms with Crippen molar-refractivity contribution >= 4 is 39.7 Å². The molecule has 0 bridgehead atoms. The number of nitrogens with zero attached hydrogens (tertiary/aromatic N) is 2. The van der Waals surface area contributed by atoms with Crippen LogP contribution in [-0.4, -0.2) is 41.7 Å². The van der Waals surface area contributed by atoms with Crippen molar-refractivity contribution in [3.8, 4) is 11.5 Å². The molecular weight excluding hydrogens is 368 g/mol. The Morgan fingerprint density at radius 2 is 2.00 bits per heavy atom. The van der Waals surface area contributed by atoms with Crippen molar-refractivity contribution < 1.29 is 14.6 Å². The van der Waals surface area contributed by atoms with E-state index in [1.165, 1.54) is 0 Å². The quantitative estimate of drug-likeness (QED) is 0.632. The van der Waals surface area contributed by atoms with Crippen LogP contribution in [0, 0.1) is 5.41 Å². The summed E-state index contributed by atoms with van der Waals surface area (Å²) in [4.78, 5) is 9.31. The van der Waals surface area contributed by atoms with Crippen LogP contribution in [0.5, 0.6) is 11.5 Å². The summed E-state index contributed by atoms with van der Waals surface area (Å²) in [5.74, 6) is 1.89. The molecule has 0 aliphatic carbocycles. The Hall–Kier alpha value is -3.19. The Morgan fingerprint density at radius 3 is 2.70 bits per heavy atom. The Bertz CT molecular complexity index is 1090. The van der Waals surface area contributed by atoms with Crippen LogP contribution in [0.1, 0.15) is 5.82 Å². The van der Waals surface area contributed by atoms with Gasteiger partial charge in [0, 0.05) is 11.8 Å². The van der Waals surface area contributed by atoms with Crippen LogP contribution in [-0.2, 0) is 0 Å². The highest BCUT2D eigenvalue weighted by molar-refractivity contribution is 6.33. The van der Waals surface area contributed by atoms with Gasteiger partial charge in [0.25, 0.3) is 0 Å². The first-order chi connectivity index (χ1) is 13.0. The fourth-order valence-electron chi connectivity index (χ4n) is 3.11. The zero-order valence-corrected chi connectivity index (χ0v) is 15.5. The molecule has 2 heterocycles. The zero-order valence-electron chi connectivity index (χ0n) is 14.7. The van der Waals surface area contributed by atoms with Crippen molar-refractivity contribution in [1.82, 2.24) is 9.97 Å². The molecule has 0 fully saturated rings. The predicted molar refractivity (Wildman–Crippen MR) is 105 cm³/mol. The molecule has 0 amide bonds. The maximum atomic E-state index is 10.5. The SMILES string of the molecule is COc1ccc2nc(C3=C(O)CN(c4ccc(OC)c(Cl)c4)C3=N)[nH]c2c1. The maximum absolute atomic E-state index is 10.5. The van der Waals surface area contributed by atoms with E-state index in [1.54, 1.807) is 37.3 Å². The Kier molecular flexibility index (Phi) is 4.16. The first-order valence-corrected chi connectivity index (χ1v) is 8.56. The van der Waals surface area contributed by atoms with E-state index in [0.717, 1.165) is 11.0 Å². The van der Waals surface area contributed by atoms with Crippen molar-refractivity contribution in [3.63, 3.8) is 0 Å². The molecule has 0 saturated carbocycles. The lowest BCUT2D eigenvalue weighted by Gasteiger charge is -2.19. The summed E-state index contributed by atoms with van der Waals surface area (Å²) in [5.41, 5.74) is 2.54. The van der Waals surface area contributed by atoms with E-state index in [4.69, 9.17) is 26.5 Å². The summed E-state index contributed by atoms with van der Waals surface area (Å²) in [5, 5.41) is 19.5. The molecule has 138 valence electrons. The van der Waals surface area contributed by atoms with Crippen LogP contribution in [0.15, 0.2) is 42.2 Å². The lowest BCUT2D eigenvalue weighted by atomic mass is 10.2. The number of hydrogen-bond donors (Lipinski definition) is 3. The van der Waals surface area contributed by atoms with Gasteiger partial charge in [-0.05, 0) is 30.3 Å². The number of hydrogen-bond acceptors (Lipinski definition) is 5. The van der Waals surface area contributed by atoms with E-state index >= 15 is 0 Å². The molecule has 0 radical (unpaired) electrons. The molecule has 2 aromatic carbocycles. The normalized spacial score (nSPS) is 14.3. The van der Waals surface area contributed by atoms with Crippen LogP contribution < -0.4 is 14.4 Å². The van der Waals surface area contributed by atoms with Gasteiger partial charge in [0.1, 0.15) is 28.9 Å². The summed E-state index contributed by atoms with van der Waals surface area (Å²) in [6, 6.07) is 10.7. The lowest BCUT2D eigenvalue weighted by molar-refractivity contribution is 0.411. The second kappa shape index (κ2) is 6.51. The van der Waals surface area contributed by atoms with Gasteiger partial charge in [-0.3, -0.25) is 5.41 Å². The van der Waals surface area contributed by atoms with E-state index in [2.05, 4.69) is 9.97 Å². The van der Waals surface area contributed by atoms with Crippen LogP contribution >= 0.6 is 11.6 Å². The minimum absolute atomic E-state index is 0.0676. The van der Waals surface area contributed by atoms with Gasteiger partial charge in [-0.15, -0.1) is 0 Å². The monoisotopic (exact) mass is 384 g/mol. The molecule has 8 heteroatoms. The number of rotatable bonds is 4. The Morgan fingerprint density at radius 1 is 1.19 bits per heavy atom. The van der Waals surface area contributed by atoms with Crippen LogP contribution in [0.3, 0.4) is 0 Å². The number of aliphatic hydroxyl groups excluding tert-OH is 1. The van der Waals surface area contributed by atoms with E-state index in [0.29, 0.717) is 33.6 Å². The topological polar surface area (TPSA) is 94.5 Å². The summed E-state index contributed by atoms with van der Waals surface area (Å²) in [6.07, 6.45) is 0. The van der Waals surface area contributed by atoms with Crippen molar-refractivity contribution in [2.45, 2.75) is 0 Å². The summed E-state index contributed by atoms with van der Waals surface area (Å²) in [6.45, 7) is 0.164. The molecule has 27 heavy (non-hydrogen) atoms. The number of methoxy groups -OCH3 is 2. The number of benzene rings is 2. The first-order valence-electron chi connectivity index (χ1n) is 8.18. The molecule has 1 aliphatic heterocycles. The highest BCUT2D eigenvalue weighted by Crippen LogP contribution is 2.35. The van der Waals surface area contributed by atoms with Crippen molar-refractivity contribution in [2.75, 3.05) is 25.7 Å². The number of ether oxygens (including phenoxy) is 2. The van der Waals surface area contributed by atoms with Crippen LogP contribution in [0.4, 0.5) is 5.69 Å². The minimum Gasteiger partial charge on any atom is -0.509 e. The van der Waals surface area contributed by atoms with Crippen molar-refractivity contribution in [3.05, 3.63) is 53.0 Å². The molecule has 4 rings (SSSR count). The van der Waals surface area contributed by atoms with E-state index < -0.39 is 0 Å². The fourth-order valence-corrected chi connectivity index (χ4v) is 3.36. The number of aromatic amines is 1. The van der Waals surface area contributed by atoms with Gasteiger partial charge in [-0.25, -0.2) is 4.98 Å². The molecule has 1 aliphatic rings. The van der Waals surface area contributed by atoms with Gasteiger partial charge < -0.3 is 24.5 Å². The number of aromatic nitrogens is 2. The van der Waals surface area contributed by atoms with Gasteiger partial charge in [0.05, 0.1) is 42.4 Å². The van der Waals surface area contributed by atoms with Gasteiger partial charge in [-0.1, -0.05) is 11.6 Å². The molecule has 3 N–H and O–H groups in total. The second-order valence-corrected chi connectivity index (χ2v) is 6.45. The third-order valence-electron chi connectivity index (χ3n) is 4.48. The number of anilines is 1. The zero-order chi connectivity index (χ0) is 19.1. The van der Waals surface area contributed by atoms with E-state index in [-0.39, 0.29) is 18.1 Å². The summed E-state index contributed by atoms with van der Waals surface area (Å²) < 4.78 is 10.4.